The Morgan fingerprint density at radius 2 is 1.96 bits per heavy atom. The molecule has 1 aromatic carbocycles. The van der Waals surface area contributed by atoms with Gasteiger partial charge >= 0.3 is 0 Å². The highest BCUT2D eigenvalue weighted by atomic mass is 16.1. The largest absolute Gasteiger partial charge is 0.348 e. The second-order valence-corrected chi connectivity index (χ2v) is 5.73. The number of nitrogens with zero attached hydrogens (tertiary/aromatic N) is 3. The molecule has 0 saturated carbocycles. The second-order valence-electron chi connectivity index (χ2n) is 5.73. The first-order chi connectivity index (χ1) is 12.1. The number of para-hydroxylation sites is 1. The molecule has 0 fully saturated rings. The van der Waals surface area contributed by atoms with Gasteiger partial charge in [0.05, 0.1) is 11.4 Å². The van der Waals surface area contributed by atoms with E-state index in [1.54, 1.807) is 18.5 Å². The number of rotatable bonds is 5. The van der Waals surface area contributed by atoms with E-state index in [0.29, 0.717) is 6.54 Å². The van der Waals surface area contributed by atoms with Gasteiger partial charge in [-0.2, -0.15) is 5.10 Å². The summed E-state index contributed by atoms with van der Waals surface area (Å²) in [6, 6.07) is 13.7. The fourth-order valence-electron chi connectivity index (χ4n) is 2.63. The van der Waals surface area contributed by atoms with Crippen molar-refractivity contribution in [3.63, 3.8) is 0 Å². The summed E-state index contributed by atoms with van der Waals surface area (Å²) >= 11 is 0. The number of aromatic nitrogens is 3. The van der Waals surface area contributed by atoms with Gasteiger partial charge in [0.2, 0.25) is 5.91 Å². The maximum Gasteiger partial charge on any atom is 0.244 e. The molecule has 0 atom stereocenters. The van der Waals surface area contributed by atoms with Crippen LogP contribution in [0.3, 0.4) is 0 Å². The molecule has 5 nitrogen and oxygen atoms in total. The van der Waals surface area contributed by atoms with E-state index in [1.807, 2.05) is 61.0 Å². The van der Waals surface area contributed by atoms with Crippen molar-refractivity contribution in [2.75, 3.05) is 0 Å². The van der Waals surface area contributed by atoms with E-state index in [2.05, 4.69) is 15.4 Å². The molecule has 0 aliphatic heterocycles. The van der Waals surface area contributed by atoms with Gasteiger partial charge in [-0.1, -0.05) is 24.3 Å². The minimum absolute atomic E-state index is 0.143. The highest BCUT2D eigenvalue weighted by Crippen LogP contribution is 2.17. The molecule has 0 bridgehead atoms. The second kappa shape index (κ2) is 7.57. The SMILES string of the molecule is Cc1nn(-c2ccccc2)c(C)c1CNC(=O)/C=C/c1cccnc1. The Morgan fingerprint density at radius 1 is 1.16 bits per heavy atom. The molecule has 2 aromatic heterocycles. The minimum atomic E-state index is -0.143. The van der Waals surface area contributed by atoms with E-state index in [0.717, 1.165) is 28.2 Å². The van der Waals surface area contributed by atoms with Crippen molar-refractivity contribution in [2.24, 2.45) is 0 Å². The molecule has 0 spiro atoms. The standard InChI is InChI=1S/C20H20N4O/c1-15-19(16(2)24(23-15)18-8-4-3-5-9-18)14-22-20(25)11-10-17-7-6-12-21-13-17/h3-13H,14H2,1-2H3,(H,22,25)/b11-10+. The lowest BCUT2D eigenvalue weighted by Gasteiger charge is -2.06. The summed E-state index contributed by atoms with van der Waals surface area (Å²) in [6.07, 6.45) is 6.67. The van der Waals surface area contributed by atoms with Crippen LogP contribution in [0.4, 0.5) is 0 Å². The highest BCUT2D eigenvalue weighted by Gasteiger charge is 2.12. The van der Waals surface area contributed by atoms with Gasteiger partial charge in [0.25, 0.3) is 0 Å². The zero-order chi connectivity index (χ0) is 17.6. The number of aryl methyl sites for hydroxylation is 1. The molecule has 0 aliphatic rings. The van der Waals surface area contributed by atoms with Crippen LogP contribution in [-0.2, 0) is 11.3 Å². The third-order valence-corrected chi connectivity index (χ3v) is 3.99. The Kier molecular flexibility index (Phi) is 5.04. The average Bonchev–Trinajstić information content (AvgIpc) is 2.94. The fourth-order valence-corrected chi connectivity index (χ4v) is 2.63. The van der Waals surface area contributed by atoms with E-state index in [1.165, 1.54) is 6.08 Å². The molecule has 1 amide bonds. The van der Waals surface area contributed by atoms with Crippen LogP contribution in [0.25, 0.3) is 11.8 Å². The normalized spacial score (nSPS) is 11.0. The van der Waals surface area contributed by atoms with E-state index in [-0.39, 0.29) is 5.91 Å². The zero-order valence-electron chi connectivity index (χ0n) is 14.3. The van der Waals surface area contributed by atoms with Crippen LogP contribution < -0.4 is 5.32 Å². The van der Waals surface area contributed by atoms with Gasteiger partial charge in [-0.3, -0.25) is 9.78 Å². The predicted molar refractivity (Wildman–Crippen MR) is 98.2 cm³/mol. The van der Waals surface area contributed by atoms with Crippen molar-refractivity contribution in [3.8, 4) is 5.69 Å². The molecule has 5 heteroatoms. The predicted octanol–water partition coefficient (Wildman–Crippen LogP) is 3.21. The van der Waals surface area contributed by atoms with Crippen LogP contribution >= 0.6 is 0 Å². The van der Waals surface area contributed by atoms with Gasteiger partial charge in [-0.15, -0.1) is 0 Å². The molecule has 0 unspecified atom stereocenters. The first-order valence-electron chi connectivity index (χ1n) is 8.11. The monoisotopic (exact) mass is 332 g/mol. The number of carbonyl (C=O) groups is 1. The molecule has 126 valence electrons. The number of hydrogen-bond acceptors (Lipinski definition) is 3. The summed E-state index contributed by atoms with van der Waals surface area (Å²) in [5.74, 6) is -0.143. The summed E-state index contributed by atoms with van der Waals surface area (Å²) in [5.41, 5.74) is 4.88. The molecule has 3 aromatic rings. The van der Waals surface area contributed by atoms with E-state index >= 15 is 0 Å². The van der Waals surface area contributed by atoms with Crippen molar-refractivity contribution in [1.29, 1.82) is 0 Å². The molecule has 0 aliphatic carbocycles. The van der Waals surface area contributed by atoms with Crippen molar-refractivity contribution in [2.45, 2.75) is 20.4 Å². The summed E-state index contributed by atoms with van der Waals surface area (Å²) in [6.45, 7) is 4.42. The van der Waals surface area contributed by atoms with Gasteiger partial charge in [-0.05, 0) is 43.7 Å². The smallest absolute Gasteiger partial charge is 0.244 e. The van der Waals surface area contributed by atoms with Crippen molar-refractivity contribution >= 4 is 12.0 Å². The fraction of sp³-hybridized carbons (Fsp3) is 0.150. The van der Waals surface area contributed by atoms with Crippen LogP contribution in [0.5, 0.6) is 0 Å². The van der Waals surface area contributed by atoms with E-state index < -0.39 is 0 Å². The van der Waals surface area contributed by atoms with Gasteiger partial charge in [-0.25, -0.2) is 4.68 Å². The van der Waals surface area contributed by atoms with Crippen LogP contribution in [0, 0.1) is 13.8 Å². The molecule has 3 rings (SSSR count). The molecule has 25 heavy (non-hydrogen) atoms. The lowest BCUT2D eigenvalue weighted by atomic mass is 10.2. The molecular formula is C20H20N4O. The summed E-state index contributed by atoms with van der Waals surface area (Å²) in [4.78, 5) is 16.1. The third-order valence-electron chi connectivity index (χ3n) is 3.99. The summed E-state index contributed by atoms with van der Waals surface area (Å²) < 4.78 is 1.91. The number of nitrogens with one attached hydrogen (secondary N) is 1. The average molecular weight is 332 g/mol. The highest BCUT2D eigenvalue weighted by molar-refractivity contribution is 5.91. The quantitative estimate of drug-likeness (QED) is 0.730. The summed E-state index contributed by atoms with van der Waals surface area (Å²) in [7, 11) is 0. The molecular weight excluding hydrogens is 312 g/mol. The van der Waals surface area contributed by atoms with Crippen LogP contribution in [-0.4, -0.2) is 20.7 Å². The van der Waals surface area contributed by atoms with E-state index in [9.17, 15) is 4.79 Å². The molecule has 0 saturated heterocycles. The Balaban J connectivity index is 1.68. The number of carbonyl (C=O) groups excluding carboxylic acids is 1. The molecule has 1 N–H and O–H groups in total. The lowest BCUT2D eigenvalue weighted by molar-refractivity contribution is -0.116. The number of benzene rings is 1. The summed E-state index contributed by atoms with van der Waals surface area (Å²) in [5, 5.41) is 7.51. The van der Waals surface area contributed by atoms with Crippen molar-refractivity contribution in [3.05, 3.63) is 83.4 Å². The number of pyridine rings is 1. The van der Waals surface area contributed by atoms with Crippen LogP contribution in [0.15, 0.2) is 60.9 Å². The first kappa shape index (κ1) is 16.6. The Morgan fingerprint density at radius 3 is 2.68 bits per heavy atom. The van der Waals surface area contributed by atoms with Gasteiger partial charge in [0.15, 0.2) is 0 Å². The van der Waals surface area contributed by atoms with E-state index in [4.69, 9.17) is 0 Å². The first-order valence-corrected chi connectivity index (χ1v) is 8.11. The Hall–Kier alpha value is -3.21. The number of hydrogen-bond donors (Lipinski definition) is 1. The Labute approximate surface area is 147 Å². The Bertz CT molecular complexity index is 883. The molecule has 2 heterocycles. The van der Waals surface area contributed by atoms with Crippen molar-refractivity contribution < 1.29 is 4.79 Å². The minimum Gasteiger partial charge on any atom is -0.348 e. The zero-order valence-corrected chi connectivity index (χ0v) is 14.3. The maximum atomic E-state index is 12.0. The van der Waals surface area contributed by atoms with Gasteiger partial charge in [0.1, 0.15) is 0 Å². The van der Waals surface area contributed by atoms with Crippen LogP contribution in [0.2, 0.25) is 0 Å². The molecule has 0 radical (unpaired) electrons. The van der Waals surface area contributed by atoms with Gasteiger partial charge in [0, 0.05) is 36.3 Å². The van der Waals surface area contributed by atoms with Gasteiger partial charge < -0.3 is 5.32 Å². The van der Waals surface area contributed by atoms with Crippen molar-refractivity contribution in [1.82, 2.24) is 20.1 Å². The van der Waals surface area contributed by atoms with Crippen LogP contribution in [0.1, 0.15) is 22.5 Å². The lowest BCUT2D eigenvalue weighted by Crippen LogP contribution is -2.21. The maximum absolute atomic E-state index is 12.0. The topological polar surface area (TPSA) is 59.8 Å². The number of amides is 1. The third kappa shape index (κ3) is 4.01.